The van der Waals surface area contributed by atoms with Gasteiger partial charge in [-0.25, -0.2) is 0 Å². The number of benzene rings is 1. The van der Waals surface area contributed by atoms with Crippen LogP contribution in [0.2, 0.25) is 0 Å². The quantitative estimate of drug-likeness (QED) is 0.601. The largest absolute Gasteiger partial charge is 0.455 e. The Hall–Kier alpha value is -1.61. The number of nitrogens with zero attached hydrogens (tertiary/aromatic N) is 1. The number of fused-ring (bicyclic) bond motifs is 5. The van der Waals surface area contributed by atoms with Gasteiger partial charge in [-0.15, -0.1) is 0 Å². The Bertz CT molecular complexity index is 801. The summed E-state index contributed by atoms with van der Waals surface area (Å²) in [6.45, 7) is 0. The van der Waals surface area contributed by atoms with Crippen molar-refractivity contribution in [3.8, 4) is 0 Å². The molecule has 0 spiro atoms. The summed E-state index contributed by atoms with van der Waals surface area (Å²) >= 11 is 3.50. The maximum Gasteiger partial charge on any atom is 0.146 e. The lowest BCUT2D eigenvalue weighted by molar-refractivity contribution is 0.665. The Morgan fingerprint density at radius 3 is 3.11 bits per heavy atom. The predicted octanol–water partition coefficient (Wildman–Crippen LogP) is 4.70. The molecule has 0 N–H and O–H groups in total. The van der Waals surface area contributed by atoms with Crippen LogP contribution in [-0.4, -0.2) is 4.98 Å². The highest BCUT2D eigenvalue weighted by atomic mass is 79.9. The number of rotatable bonds is 0. The molecule has 0 saturated heterocycles. The van der Waals surface area contributed by atoms with Crippen molar-refractivity contribution in [1.29, 1.82) is 0 Å². The van der Waals surface area contributed by atoms with Crippen LogP contribution in [0.4, 0.5) is 0 Å². The molecule has 0 fully saturated rings. The van der Waals surface area contributed by atoms with Crippen LogP contribution in [0.3, 0.4) is 0 Å². The van der Waals surface area contributed by atoms with E-state index in [1.54, 1.807) is 0 Å². The molecule has 1 aliphatic carbocycles. The van der Waals surface area contributed by atoms with E-state index in [1.165, 1.54) is 0 Å². The number of pyridine rings is 1. The Morgan fingerprint density at radius 1 is 1.22 bits per heavy atom. The minimum Gasteiger partial charge on any atom is -0.455 e. The molecule has 0 amide bonds. The van der Waals surface area contributed by atoms with Crippen molar-refractivity contribution in [2.24, 2.45) is 0 Å². The number of aryl methyl sites for hydroxylation is 1. The van der Waals surface area contributed by atoms with Crippen molar-refractivity contribution in [1.82, 2.24) is 4.98 Å². The SMILES string of the molecule is Brc1ccc2oc3c4c(ncc3c2c1)CCC=C4. The van der Waals surface area contributed by atoms with Crippen LogP contribution in [0.5, 0.6) is 0 Å². The van der Waals surface area contributed by atoms with Gasteiger partial charge in [0.15, 0.2) is 0 Å². The standard InChI is InChI=1S/C15H10BrNO/c16-9-5-6-14-11(7-9)12-8-17-13-4-2-1-3-10(13)15(12)18-14/h1,3,5-8H,2,4H2. The summed E-state index contributed by atoms with van der Waals surface area (Å²) in [6.07, 6.45) is 8.32. The van der Waals surface area contributed by atoms with E-state index in [9.17, 15) is 0 Å². The fourth-order valence-corrected chi connectivity index (χ4v) is 2.91. The van der Waals surface area contributed by atoms with Gasteiger partial charge >= 0.3 is 0 Å². The molecule has 88 valence electrons. The van der Waals surface area contributed by atoms with Gasteiger partial charge in [-0.3, -0.25) is 4.98 Å². The summed E-state index contributed by atoms with van der Waals surface area (Å²) in [7, 11) is 0. The second kappa shape index (κ2) is 3.69. The summed E-state index contributed by atoms with van der Waals surface area (Å²) < 4.78 is 7.05. The van der Waals surface area contributed by atoms with Gasteiger partial charge in [0.05, 0.1) is 5.69 Å². The lowest BCUT2D eigenvalue weighted by Gasteiger charge is -2.08. The molecular weight excluding hydrogens is 290 g/mol. The number of allylic oxidation sites excluding steroid dienone is 1. The Morgan fingerprint density at radius 2 is 2.17 bits per heavy atom. The van der Waals surface area contributed by atoms with E-state index in [1.807, 2.05) is 18.3 Å². The van der Waals surface area contributed by atoms with Crippen molar-refractivity contribution in [2.45, 2.75) is 12.8 Å². The van der Waals surface area contributed by atoms with Crippen LogP contribution in [0, 0.1) is 0 Å². The molecule has 3 heteroatoms. The van der Waals surface area contributed by atoms with Crippen LogP contribution in [0.25, 0.3) is 28.0 Å². The molecule has 0 aliphatic heterocycles. The van der Waals surface area contributed by atoms with Gasteiger partial charge in [-0.05, 0) is 31.0 Å². The molecule has 0 saturated carbocycles. The topological polar surface area (TPSA) is 26.0 Å². The fraction of sp³-hybridized carbons (Fsp3) is 0.133. The molecule has 18 heavy (non-hydrogen) atoms. The first-order chi connectivity index (χ1) is 8.83. The molecule has 0 unspecified atom stereocenters. The summed E-state index contributed by atoms with van der Waals surface area (Å²) in [6, 6.07) is 6.08. The second-order valence-electron chi connectivity index (χ2n) is 4.54. The summed E-state index contributed by atoms with van der Waals surface area (Å²) in [5.74, 6) is 0. The van der Waals surface area contributed by atoms with Crippen LogP contribution in [0.1, 0.15) is 17.7 Å². The van der Waals surface area contributed by atoms with Crippen molar-refractivity contribution in [3.63, 3.8) is 0 Å². The van der Waals surface area contributed by atoms with Crippen molar-refractivity contribution < 1.29 is 4.42 Å². The van der Waals surface area contributed by atoms with Gasteiger partial charge in [0.25, 0.3) is 0 Å². The molecule has 3 aromatic rings. The van der Waals surface area contributed by atoms with E-state index < -0.39 is 0 Å². The van der Waals surface area contributed by atoms with E-state index >= 15 is 0 Å². The smallest absolute Gasteiger partial charge is 0.146 e. The Kier molecular flexibility index (Phi) is 2.12. The molecule has 2 aromatic heterocycles. The first-order valence-corrected chi connectivity index (χ1v) is 6.78. The zero-order valence-electron chi connectivity index (χ0n) is 9.61. The van der Waals surface area contributed by atoms with E-state index in [0.717, 1.165) is 50.5 Å². The highest BCUT2D eigenvalue weighted by molar-refractivity contribution is 9.10. The fourth-order valence-electron chi connectivity index (χ4n) is 2.55. The molecular formula is C15H10BrNO. The summed E-state index contributed by atoms with van der Waals surface area (Å²) in [4.78, 5) is 4.57. The average Bonchev–Trinajstić information content (AvgIpc) is 2.77. The third-order valence-electron chi connectivity index (χ3n) is 3.43. The molecule has 2 nitrogen and oxygen atoms in total. The number of hydrogen-bond donors (Lipinski definition) is 0. The molecule has 1 aliphatic rings. The van der Waals surface area contributed by atoms with E-state index in [2.05, 4.69) is 39.1 Å². The third kappa shape index (κ3) is 1.37. The maximum absolute atomic E-state index is 5.99. The molecule has 0 radical (unpaired) electrons. The zero-order chi connectivity index (χ0) is 12.1. The normalized spacial score (nSPS) is 14.3. The summed E-state index contributed by atoms with van der Waals surface area (Å²) in [5.41, 5.74) is 4.17. The van der Waals surface area contributed by atoms with E-state index in [4.69, 9.17) is 4.42 Å². The van der Waals surface area contributed by atoms with Gasteiger partial charge in [0.2, 0.25) is 0 Å². The third-order valence-corrected chi connectivity index (χ3v) is 3.92. The van der Waals surface area contributed by atoms with Gasteiger partial charge in [0.1, 0.15) is 11.2 Å². The van der Waals surface area contributed by atoms with Crippen LogP contribution in [0.15, 0.2) is 39.4 Å². The maximum atomic E-state index is 5.99. The zero-order valence-corrected chi connectivity index (χ0v) is 11.2. The van der Waals surface area contributed by atoms with Gasteiger partial charge in [-0.2, -0.15) is 0 Å². The number of furan rings is 1. The summed E-state index contributed by atoms with van der Waals surface area (Å²) in [5, 5.41) is 2.21. The highest BCUT2D eigenvalue weighted by Crippen LogP contribution is 2.34. The molecule has 0 bridgehead atoms. The molecule has 2 heterocycles. The van der Waals surface area contributed by atoms with Crippen LogP contribution in [-0.2, 0) is 6.42 Å². The number of aromatic nitrogens is 1. The van der Waals surface area contributed by atoms with E-state index in [-0.39, 0.29) is 0 Å². The first kappa shape index (κ1) is 10.3. The van der Waals surface area contributed by atoms with Crippen molar-refractivity contribution in [3.05, 3.63) is 46.2 Å². The lowest BCUT2D eigenvalue weighted by atomic mass is 10.0. The molecule has 0 atom stereocenters. The molecule has 4 rings (SSSR count). The number of hydrogen-bond acceptors (Lipinski definition) is 2. The first-order valence-electron chi connectivity index (χ1n) is 5.99. The molecule has 1 aromatic carbocycles. The lowest BCUT2D eigenvalue weighted by Crippen LogP contribution is -1.97. The highest BCUT2D eigenvalue weighted by Gasteiger charge is 2.15. The van der Waals surface area contributed by atoms with E-state index in [0.29, 0.717) is 0 Å². The number of halogens is 1. The Labute approximate surface area is 112 Å². The van der Waals surface area contributed by atoms with Gasteiger partial charge in [0, 0.05) is 27.0 Å². The van der Waals surface area contributed by atoms with Gasteiger partial charge in [-0.1, -0.05) is 28.1 Å². The second-order valence-corrected chi connectivity index (χ2v) is 5.46. The minimum absolute atomic E-state index is 0.919. The minimum atomic E-state index is 0.919. The van der Waals surface area contributed by atoms with Crippen LogP contribution < -0.4 is 0 Å². The predicted molar refractivity (Wildman–Crippen MR) is 76.6 cm³/mol. The van der Waals surface area contributed by atoms with Gasteiger partial charge < -0.3 is 4.42 Å². The Balaban J connectivity index is 2.19. The monoisotopic (exact) mass is 299 g/mol. The van der Waals surface area contributed by atoms with Crippen molar-refractivity contribution >= 4 is 43.9 Å². The van der Waals surface area contributed by atoms with Crippen molar-refractivity contribution in [2.75, 3.05) is 0 Å². The average molecular weight is 300 g/mol. The van der Waals surface area contributed by atoms with Crippen LogP contribution >= 0.6 is 15.9 Å².